The average Bonchev–Trinajstić information content (AvgIpc) is 3.36. The topological polar surface area (TPSA) is 112 Å². The predicted molar refractivity (Wildman–Crippen MR) is 121 cm³/mol. The van der Waals surface area contributed by atoms with Gasteiger partial charge in [0.05, 0.1) is 17.1 Å². The Kier molecular flexibility index (Phi) is 6.31. The van der Waals surface area contributed by atoms with E-state index in [0.717, 1.165) is 15.1 Å². The number of amides is 1. The van der Waals surface area contributed by atoms with Gasteiger partial charge in [0, 0.05) is 36.6 Å². The first-order valence-corrected chi connectivity index (χ1v) is 10.8. The van der Waals surface area contributed by atoms with E-state index in [0.29, 0.717) is 11.4 Å². The van der Waals surface area contributed by atoms with Crippen LogP contribution in [0.3, 0.4) is 0 Å². The third kappa shape index (κ3) is 4.70. The molecule has 9 nitrogen and oxygen atoms in total. The van der Waals surface area contributed by atoms with Crippen molar-refractivity contribution in [3.05, 3.63) is 87.0 Å². The number of hydrogen-bond acceptors (Lipinski definition) is 7. The van der Waals surface area contributed by atoms with Crippen molar-refractivity contribution in [3.8, 4) is 21.8 Å². The van der Waals surface area contributed by atoms with Crippen LogP contribution in [-0.4, -0.2) is 37.0 Å². The number of aromatic nitrogens is 5. The average molecular weight is 449 g/mol. The molecule has 1 unspecified atom stereocenters. The molecule has 4 rings (SSSR count). The van der Waals surface area contributed by atoms with Crippen LogP contribution in [0.2, 0.25) is 0 Å². The number of hydrogen-bond donors (Lipinski definition) is 1. The van der Waals surface area contributed by atoms with Crippen LogP contribution in [0.4, 0.5) is 0 Å². The van der Waals surface area contributed by atoms with Gasteiger partial charge in [0.1, 0.15) is 11.7 Å². The molecule has 4 aromatic heterocycles. The number of nitrogens with zero attached hydrogens (tertiary/aromatic N) is 5. The van der Waals surface area contributed by atoms with E-state index in [1.807, 2.05) is 17.5 Å². The first kappa shape index (κ1) is 21.3. The summed E-state index contributed by atoms with van der Waals surface area (Å²) in [5.41, 5.74) is 1.41. The molecule has 0 aliphatic carbocycles. The quantitative estimate of drug-likeness (QED) is 0.463. The smallest absolute Gasteiger partial charge is 0.267 e. The monoisotopic (exact) mass is 448 g/mol. The second-order valence-electron chi connectivity index (χ2n) is 6.96. The van der Waals surface area contributed by atoms with Gasteiger partial charge in [-0.15, -0.1) is 11.3 Å². The summed E-state index contributed by atoms with van der Waals surface area (Å²) < 4.78 is 2.46. The molecule has 162 valence electrons. The number of thiophene rings is 1. The lowest BCUT2D eigenvalue weighted by atomic mass is 10.2. The molecule has 0 radical (unpaired) electrons. The number of pyridine rings is 1. The van der Waals surface area contributed by atoms with Gasteiger partial charge in [0.25, 0.3) is 11.1 Å². The highest BCUT2D eigenvalue weighted by atomic mass is 32.1. The molecule has 1 N–H and O–H groups in total. The van der Waals surface area contributed by atoms with Gasteiger partial charge in [-0.1, -0.05) is 6.07 Å². The third-order valence-electron chi connectivity index (χ3n) is 4.81. The Balaban J connectivity index is 1.44. The van der Waals surface area contributed by atoms with E-state index in [2.05, 4.69) is 20.5 Å². The summed E-state index contributed by atoms with van der Waals surface area (Å²) in [6.45, 7) is 1.99. The van der Waals surface area contributed by atoms with Crippen LogP contribution in [-0.2, 0) is 11.3 Å². The van der Waals surface area contributed by atoms with E-state index in [1.54, 1.807) is 43.6 Å². The Morgan fingerprint density at radius 2 is 1.75 bits per heavy atom. The van der Waals surface area contributed by atoms with Gasteiger partial charge in [0.2, 0.25) is 5.91 Å². The molecule has 32 heavy (non-hydrogen) atoms. The lowest BCUT2D eigenvalue weighted by Gasteiger charge is -2.15. The van der Waals surface area contributed by atoms with E-state index in [1.165, 1.54) is 28.2 Å². The first-order valence-electron chi connectivity index (χ1n) is 9.93. The molecule has 0 saturated heterocycles. The lowest BCUT2D eigenvalue weighted by Crippen LogP contribution is -2.39. The van der Waals surface area contributed by atoms with Crippen LogP contribution in [0.15, 0.2) is 75.9 Å². The van der Waals surface area contributed by atoms with Crippen LogP contribution in [0.25, 0.3) is 21.8 Å². The largest absolute Gasteiger partial charge is 0.352 e. The Morgan fingerprint density at radius 1 is 1.00 bits per heavy atom. The molecular formula is C22H20N6O3S. The zero-order valence-corrected chi connectivity index (χ0v) is 18.0. The van der Waals surface area contributed by atoms with Crippen molar-refractivity contribution in [2.45, 2.75) is 19.5 Å². The van der Waals surface area contributed by atoms with Gasteiger partial charge in [0.15, 0.2) is 0 Å². The Bertz CT molecular complexity index is 1330. The van der Waals surface area contributed by atoms with Crippen LogP contribution in [0.1, 0.15) is 13.0 Å². The van der Waals surface area contributed by atoms with E-state index in [-0.39, 0.29) is 30.1 Å². The van der Waals surface area contributed by atoms with Crippen LogP contribution >= 0.6 is 11.3 Å². The number of carbonyl (C=O) groups is 1. The van der Waals surface area contributed by atoms with E-state index < -0.39 is 6.04 Å². The van der Waals surface area contributed by atoms with Crippen molar-refractivity contribution in [1.82, 2.24) is 29.9 Å². The standard InChI is InChI=1S/C22H20N6O3S/c1-15(28-21(30)7-4-17(26-28)16-8-10-23-11-9-16)22(31)24-12-13-27-20(29)6-5-18(25-27)19-3-2-14-32-19/h2-11,14-15H,12-13H2,1H3,(H,24,31). The maximum absolute atomic E-state index is 12.6. The van der Waals surface area contributed by atoms with Crippen molar-refractivity contribution < 1.29 is 4.79 Å². The van der Waals surface area contributed by atoms with Crippen molar-refractivity contribution in [2.24, 2.45) is 0 Å². The zero-order valence-electron chi connectivity index (χ0n) is 17.2. The molecule has 1 amide bonds. The highest BCUT2D eigenvalue weighted by Crippen LogP contribution is 2.21. The third-order valence-corrected chi connectivity index (χ3v) is 5.70. The minimum Gasteiger partial charge on any atom is -0.352 e. The summed E-state index contributed by atoms with van der Waals surface area (Å²) in [6, 6.07) is 12.7. The van der Waals surface area contributed by atoms with Crippen molar-refractivity contribution in [1.29, 1.82) is 0 Å². The van der Waals surface area contributed by atoms with Crippen molar-refractivity contribution in [3.63, 3.8) is 0 Å². The fraction of sp³-hybridized carbons (Fsp3) is 0.182. The minimum atomic E-state index is -0.827. The summed E-state index contributed by atoms with van der Waals surface area (Å²) in [4.78, 5) is 42.0. The normalized spacial score (nSPS) is 11.8. The summed E-state index contributed by atoms with van der Waals surface area (Å²) in [6.07, 6.45) is 3.26. The number of rotatable bonds is 7. The molecule has 1 atom stereocenters. The van der Waals surface area contributed by atoms with E-state index in [4.69, 9.17) is 0 Å². The van der Waals surface area contributed by atoms with Crippen LogP contribution in [0.5, 0.6) is 0 Å². The van der Waals surface area contributed by atoms with E-state index >= 15 is 0 Å². The Hall–Kier alpha value is -3.92. The van der Waals surface area contributed by atoms with Crippen molar-refractivity contribution >= 4 is 17.2 Å². The van der Waals surface area contributed by atoms with Crippen LogP contribution < -0.4 is 16.4 Å². The molecule has 10 heteroatoms. The molecule has 0 aliphatic rings. The molecule has 0 saturated carbocycles. The fourth-order valence-electron chi connectivity index (χ4n) is 3.09. The van der Waals surface area contributed by atoms with Gasteiger partial charge < -0.3 is 5.32 Å². The minimum absolute atomic E-state index is 0.183. The maximum Gasteiger partial charge on any atom is 0.267 e. The summed E-state index contributed by atoms with van der Waals surface area (Å²) in [5, 5.41) is 13.4. The molecule has 4 aromatic rings. The predicted octanol–water partition coefficient (Wildman–Crippen LogP) is 1.97. The zero-order chi connectivity index (χ0) is 22.5. The lowest BCUT2D eigenvalue weighted by molar-refractivity contribution is -0.124. The van der Waals surface area contributed by atoms with Gasteiger partial charge in [-0.2, -0.15) is 10.2 Å². The summed E-state index contributed by atoms with van der Waals surface area (Å²) >= 11 is 1.53. The number of nitrogens with one attached hydrogen (secondary N) is 1. The summed E-state index contributed by atoms with van der Waals surface area (Å²) in [5.74, 6) is -0.381. The summed E-state index contributed by atoms with van der Waals surface area (Å²) in [7, 11) is 0. The Morgan fingerprint density at radius 3 is 2.50 bits per heavy atom. The van der Waals surface area contributed by atoms with Gasteiger partial charge in [-0.3, -0.25) is 19.4 Å². The highest BCUT2D eigenvalue weighted by molar-refractivity contribution is 7.13. The van der Waals surface area contributed by atoms with Gasteiger partial charge in [-0.25, -0.2) is 9.36 Å². The maximum atomic E-state index is 12.6. The fourth-order valence-corrected chi connectivity index (χ4v) is 3.78. The van der Waals surface area contributed by atoms with E-state index in [9.17, 15) is 14.4 Å². The molecule has 0 bridgehead atoms. The highest BCUT2D eigenvalue weighted by Gasteiger charge is 2.18. The SMILES string of the molecule is CC(C(=O)NCCn1nc(-c2cccs2)ccc1=O)n1nc(-c2ccncc2)ccc1=O. The molecule has 0 spiro atoms. The van der Waals surface area contributed by atoms with Gasteiger partial charge >= 0.3 is 0 Å². The molecule has 0 fully saturated rings. The first-order chi connectivity index (χ1) is 15.5. The second-order valence-corrected chi connectivity index (χ2v) is 7.91. The molecule has 0 aliphatic heterocycles. The van der Waals surface area contributed by atoms with Crippen molar-refractivity contribution in [2.75, 3.05) is 6.54 Å². The molecule has 4 heterocycles. The van der Waals surface area contributed by atoms with Crippen LogP contribution in [0, 0.1) is 0 Å². The number of carbonyl (C=O) groups excluding carboxylic acids is 1. The molecule has 0 aromatic carbocycles. The second kappa shape index (κ2) is 9.48. The molecular weight excluding hydrogens is 428 g/mol. The Labute approximate surface area is 187 Å². The van der Waals surface area contributed by atoms with Gasteiger partial charge in [-0.05, 0) is 42.6 Å².